The molecule has 2 heteroatoms. The fraction of sp³-hybridized carbons (Fsp3) is 0.0612. The maximum absolute atomic E-state index is 6.30. The van der Waals surface area contributed by atoms with Gasteiger partial charge in [-0.15, -0.1) is 0 Å². The van der Waals surface area contributed by atoms with E-state index in [9.17, 15) is 0 Å². The number of furan rings is 1. The quantitative estimate of drug-likeness (QED) is 0.181. The van der Waals surface area contributed by atoms with Crippen LogP contribution in [0.25, 0.3) is 89.0 Å². The Kier molecular flexibility index (Phi) is 6.89. The van der Waals surface area contributed by atoms with Crippen LogP contribution in [-0.2, 0) is 6.42 Å². The molecule has 9 aromatic rings. The highest BCUT2D eigenvalue weighted by Crippen LogP contribution is 2.39. The summed E-state index contributed by atoms with van der Waals surface area (Å²) in [6, 6.07) is 59.5. The van der Waals surface area contributed by atoms with E-state index < -0.39 is 0 Å². The molecule has 1 aliphatic carbocycles. The summed E-state index contributed by atoms with van der Waals surface area (Å²) in [5, 5.41) is 3.67. The fourth-order valence-corrected chi connectivity index (χ4v) is 7.95. The van der Waals surface area contributed by atoms with Gasteiger partial charge in [-0.25, -0.2) is 0 Å². The van der Waals surface area contributed by atoms with Crippen LogP contribution in [0.4, 0.5) is 0 Å². The van der Waals surface area contributed by atoms with E-state index in [0.717, 1.165) is 23.5 Å². The van der Waals surface area contributed by atoms with Crippen LogP contribution in [0.2, 0.25) is 0 Å². The minimum atomic E-state index is 0.498. The van der Waals surface area contributed by atoms with E-state index in [-0.39, 0.29) is 0 Å². The monoisotopic (exact) mass is 653 g/mol. The van der Waals surface area contributed by atoms with E-state index in [1.165, 1.54) is 77.3 Å². The average molecular weight is 654 g/mol. The normalized spacial score (nSPS) is 14.0. The first-order chi connectivity index (χ1) is 25.2. The molecule has 0 saturated carbocycles. The Hall–Kier alpha value is -6.38. The molecule has 51 heavy (non-hydrogen) atoms. The molecule has 1 unspecified atom stereocenters. The van der Waals surface area contributed by atoms with Crippen molar-refractivity contribution in [1.29, 1.82) is 0 Å². The second-order valence-electron chi connectivity index (χ2n) is 13.9. The Morgan fingerprint density at radius 3 is 1.73 bits per heavy atom. The Bertz CT molecular complexity index is 2790. The van der Waals surface area contributed by atoms with Gasteiger partial charge in [-0.3, -0.25) is 0 Å². The Balaban J connectivity index is 1.03. The Morgan fingerprint density at radius 2 is 1.04 bits per heavy atom. The summed E-state index contributed by atoms with van der Waals surface area (Å²) >= 11 is 0. The molecule has 242 valence electrons. The van der Waals surface area contributed by atoms with Gasteiger partial charge in [-0.1, -0.05) is 128 Å². The van der Waals surface area contributed by atoms with Crippen molar-refractivity contribution < 1.29 is 4.42 Å². The summed E-state index contributed by atoms with van der Waals surface area (Å²) < 4.78 is 8.70. The summed E-state index contributed by atoms with van der Waals surface area (Å²) in [4.78, 5) is 0. The molecule has 10 rings (SSSR count). The topological polar surface area (TPSA) is 18.1 Å². The summed E-state index contributed by atoms with van der Waals surface area (Å²) in [6.45, 7) is 2.24. The van der Waals surface area contributed by atoms with E-state index in [1.807, 2.05) is 0 Å². The maximum Gasteiger partial charge on any atom is 0.135 e. The molecule has 1 aliphatic rings. The van der Waals surface area contributed by atoms with Gasteiger partial charge in [0.15, 0.2) is 0 Å². The lowest BCUT2D eigenvalue weighted by Crippen LogP contribution is -2.00. The average Bonchev–Trinajstić information content (AvgIpc) is 3.72. The van der Waals surface area contributed by atoms with Crippen molar-refractivity contribution in [2.24, 2.45) is 5.92 Å². The molecule has 0 N–H and O–H groups in total. The van der Waals surface area contributed by atoms with Crippen molar-refractivity contribution in [2.75, 3.05) is 0 Å². The van der Waals surface area contributed by atoms with E-state index in [0.29, 0.717) is 5.92 Å². The van der Waals surface area contributed by atoms with E-state index in [4.69, 9.17) is 4.42 Å². The van der Waals surface area contributed by atoms with Gasteiger partial charge in [0.25, 0.3) is 0 Å². The highest BCUT2D eigenvalue weighted by atomic mass is 16.3. The first-order valence-corrected chi connectivity index (χ1v) is 17.8. The second kappa shape index (κ2) is 11.9. The lowest BCUT2D eigenvalue weighted by Gasteiger charge is -2.11. The maximum atomic E-state index is 6.30. The van der Waals surface area contributed by atoms with Crippen LogP contribution in [0, 0.1) is 5.92 Å². The molecule has 0 saturated heterocycles. The first kappa shape index (κ1) is 29.5. The van der Waals surface area contributed by atoms with Crippen LogP contribution >= 0.6 is 0 Å². The summed E-state index contributed by atoms with van der Waals surface area (Å²) in [6.07, 6.45) is 5.48. The standard InChI is InChI=1S/C49H35NO/c1-32-20-23-43-45-31-41(22-25-48(45)51-49(43)26-32)50-46-19-6-5-18-42(46)44-30-40(21-24-47(44)50)39-17-9-16-38(29-39)37-15-8-14-36(28-37)35-13-7-12-34(27-35)33-10-3-2-4-11-33/h2-25,27-32H,26H2,1H3. The predicted molar refractivity (Wildman–Crippen MR) is 214 cm³/mol. The van der Waals surface area contributed by atoms with Crippen LogP contribution in [0.5, 0.6) is 0 Å². The minimum Gasteiger partial charge on any atom is -0.460 e. The first-order valence-electron chi connectivity index (χ1n) is 17.8. The van der Waals surface area contributed by atoms with Crippen LogP contribution < -0.4 is 0 Å². The molecule has 0 radical (unpaired) electrons. The van der Waals surface area contributed by atoms with E-state index >= 15 is 0 Å². The van der Waals surface area contributed by atoms with Crippen LogP contribution in [0.1, 0.15) is 18.2 Å². The van der Waals surface area contributed by atoms with E-state index in [2.05, 4.69) is 187 Å². The van der Waals surface area contributed by atoms with Gasteiger partial charge in [-0.2, -0.15) is 0 Å². The Labute approximate surface area is 297 Å². The molecule has 2 heterocycles. The number of rotatable bonds is 5. The number of benzene rings is 7. The van der Waals surface area contributed by atoms with Crippen LogP contribution in [-0.4, -0.2) is 4.57 Å². The van der Waals surface area contributed by atoms with Gasteiger partial charge in [0.2, 0.25) is 0 Å². The molecule has 0 bridgehead atoms. The summed E-state index contributed by atoms with van der Waals surface area (Å²) in [5.74, 6) is 1.59. The van der Waals surface area contributed by atoms with Crippen LogP contribution in [0.3, 0.4) is 0 Å². The van der Waals surface area contributed by atoms with Gasteiger partial charge in [0.05, 0.1) is 11.0 Å². The zero-order valence-electron chi connectivity index (χ0n) is 28.4. The Morgan fingerprint density at radius 1 is 0.471 bits per heavy atom. The van der Waals surface area contributed by atoms with Gasteiger partial charge in [-0.05, 0) is 105 Å². The molecule has 2 nitrogen and oxygen atoms in total. The third-order valence-electron chi connectivity index (χ3n) is 10.5. The lowest BCUT2D eigenvalue weighted by atomic mass is 9.94. The SMILES string of the molecule is CC1C=Cc2c(oc3ccc(-n4c5ccccc5c5cc(-c6cccc(-c7cccc(-c8cccc(-c9ccccc9)c8)c7)c6)ccc54)cc23)C1. The van der Waals surface area contributed by atoms with Crippen molar-refractivity contribution in [2.45, 2.75) is 13.3 Å². The van der Waals surface area contributed by atoms with Gasteiger partial charge < -0.3 is 8.98 Å². The molecular formula is C49H35NO. The summed E-state index contributed by atoms with van der Waals surface area (Å²) in [7, 11) is 0. The third kappa shape index (κ3) is 5.11. The molecule has 0 amide bonds. The molecule has 7 aromatic carbocycles. The largest absolute Gasteiger partial charge is 0.460 e. The number of para-hydroxylation sites is 1. The number of allylic oxidation sites excluding steroid dienone is 1. The van der Waals surface area contributed by atoms with Crippen molar-refractivity contribution in [3.63, 3.8) is 0 Å². The molecule has 0 aliphatic heterocycles. The number of fused-ring (bicyclic) bond motifs is 6. The van der Waals surface area contributed by atoms with Crippen LogP contribution in [0.15, 0.2) is 174 Å². The second-order valence-corrected chi connectivity index (χ2v) is 13.9. The van der Waals surface area contributed by atoms with Crippen molar-refractivity contribution in [1.82, 2.24) is 4.57 Å². The molecule has 2 aromatic heterocycles. The van der Waals surface area contributed by atoms with Crippen molar-refractivity contribution in [3.8, 4) is 50.2 Å². The van der Waals surface area contributed by atoms with Gasteiger partial charge in [0.1, 0.15) is 11.3 Å². The van der Waals surface area contributed by atoms with Gasteiger partial charge in [0, 0.05) is 33.8 Å². The zero-order valence-corrected chi connectivity index (χ0v) is 28.4. The molecule has 1 atom stereocenters. The molecule has 0 spiro atoms. The number of hydrogen-bond donors (Lipinski definition) is 0. The molecular weight excluding hydrogens is 619 g/mol. The molecule has 0 fully saturated rings. The number of aromatic nitrogens is 1. The van der Waals surface area contributed by atoms with Crippen molar-refractivity contribution in [3.05, 3.63) is 181 Å². The highest BCUT2D eigenvalue weighted by molar-refractivity contribution is 6.10. The number of nitrogens with zero attached hydrogens (tertiary/aromatic N) is 1. The fourth-order valence-electron chi connectivity index (χ4n) is 7.95. The van der Waals surface area contributed by atoms with Crippen molar-refractivity contribution >= 4 is 38.9 Å². The van der Waals surface area contributed by atoms with E-state index in [1.54, 1.807) is 0 Å². The predicted octanol–water partition coefficient (Wildman–Crippen LogP) is 13.4. The lowest BCUT2D eigenvalue weighted by molar-refractivity contribution is 0.513. The van der Waals surface area contributed by atoms with Gasteiger partial charge >= 0.3 is 0 Å². The highest BCUT2D eigenvalue weighted by Gasteiger charge is 2.20. The summed E-state index contributed by atoms with van der Waals surface area (Å²) in [5.41, 5.74) is 15.4. The zero-order chi connectivity index (χ0) is 33.9. The minimum absolute atomic E-state index is 0.498. The third-order valence-corrected chi connectivity index (χ3v) is 10.5. The smallest absolute Gasteiger partial charge is 0.135 e. The number of hydrogen-bond acceptors (Lipinski definition) is 1.